The Kier molecular flexibility index (Phi) is 1.74. The fourth-order valence-electron chi connectivity index (χ4n) is 2.57. The Morgan fingerprint density at radius 2 is 1.00 bits per heavy atom. The van der Waals surface area contributed by atoms with E-state index in [4.69, 9.17) is 56.1 Å². The van der Waals surface area contributed by atoms with Gasteiger partial charge in [-0.15, -0.1) is 20.5 Å². The summed E-state index contributed by atoms with van der Waals surface area (Å²) in [5.41, 5.74) is -22.8. The molecule has 0 aromatic heterocycles. The molecule has 2 fully saturated rings. The first-order valence-corrected chi connectivity index (χ1v) is 8.81. The van der Waals surface area contributed by atoms with Gasteiger partial charge in [0.15, 0.2) is 0 Å². The van der Waals surface area contributed by atoms with Crippen LogP contribution in [0.15, 0.2) is 24.3 Å². The van der Waals surface area contributed by atoms with E-state index in [0.29, 0.717) is 0 Å². The number of nitrogens with zero attached hydrogens (tertiary/aromatic N) is 2. The van der Waals surface area contributed by atoms with Gasteiger partial charge in [-0.2, -0.15) is 0 Å². The van der Waals surface area contributed by atoms with Crippen molar-refractivity contribution in [2.75, 3.05) is 0 Å². The minimum absolute atomic E-state index is 0.280. The topological polar surface area (TPSA) is 98.9 Å². The highest BCUT2D eigenvalue weighted by Crippen LogP contribution is 2.39. The second-order valence-electron chi connectivity index (χ2n) is 6.95. The Morgan fingerprint density at radius 1 is 0.735 bits per heavy atom. The van der Waals surface area contributed by atoms with E-state index in [1.165, 1.54) is 0 Å². The molecule has 34 heavy (non-hydrogen) atoms. The van der Waals surface area contributed by atoms with Gasteiger partial charge in [0, 0.05) is 91.5 Å². The highest BCUT2D eigenvalue weighted by molar-refractivity contribution is 5.93. The van der Waals surface area contributed by atoms with Crippen LogP contribution in [0.2, 0.25) is 0 Å². The molecule has 2 aliphatic heterocycles. The molecule has 2 radical (unpaired) electrons. The number of carbonyl (C=O) groups excluding carboxylic acids is 2. The predicted octanol–water partition coefficient (Wildman–Crippen LogP) is 4.73. The van der Waals surface area contributed by atoms with Crippen LogP contribution in [-0.4, -0.2) is 56.4 Å². The summed E-state index contributed by atoms with van der Waals surface area (Å²) in [6.07, 6.45) is -30.1. The quantitative estimate of drug-likeness (QED) is 0.429. The SMILES string of the molecule is [2H]C([2H])([2H])C1(C([2H])([2H])[2H])[15N]([O])C(C([2H])([2H])[2H])(C([2H])([2H])[2H])C([2H])([2H])C([2H])(OC(=O)c2ccc(C(=O)OC3([2H])C([2H])([2H])C(C([2H])([2H])[2H])(C([2H])([2H])[2H])[15N]([O])C(C([2H])([2H])[2H])(C([2H])([2H])[2H])C3([2H])[2H])cc2)C1([2H])[2H]. The second-order valence-corrected chi connectivity index (χ2v) is 6.95. The number of hydroxylamine groups is 4. The summed E-state index contributed by atoms with van der Waals surface area (Å²) in [6, 6.07) is 1.12. The summed E-state index contributed by atoms with van der Waals surface area (Å²) >= 11 is 0. The van der Waals surface area contributed by atoms with Crippen molar-refractivity contribution in [2.24, 2.45) is 0 Å². The standard InChI is InChI=1S/C26H38N2O6/c1-23(2)13-19(14-24(3,4)27(23)31)33-21(29)17-9-11-18(12-10-17)22(30)34-20-15-25(5,6)28(32)26(7,8)16-20/h9-12,19-20H,13-16H2,1-8H3/i1D3,2D3,3D3,4D3,5D3,6D3,7D3,8D3,13D2,14D2,15D2,16D2,19D,20D,27+1,28+1. The van der Waals surface area contributed by atoms with Crippen LogP contribution < -0.4 is 0 Å². The van der Waals surface area contributed by atoms with Crippen molar-refractivity contribution in [1.82, 2.24) is 10.1 Å². The Hall–Kier alpha value is -2.00. The fourth-order valence-corrected chi connectivity index (χ4v) is 2.57. The van der Waals surface area contributed by atoms with Crippen LogP contribution in [0.4, 0.5) is 0 Å². The first kappa shape index (κ1) is 6.65. The first-order chi connectivity index (χ1) is 29.3. The third-order valence-corrected chi connectivity index (χ3v) is 4.14. The van der Waals surface area contributed by atoms with Gasteiger partial charge in [-0.3, -0.25) is 0 Å². The molecule has 0 N–H and O–H groups in total. The van der Waals surface area contributed by atoms with Crippen molar-refractivity contribution in [1.29, 1.82) is 0 Å². The summed E-state index contributed by atoms with van der Waals surface area (Å²) < 4.78 is 289. The zero-order valence-electron chi connectivity index (χ0n) is 50.7. The molecule has 0 unspecified atom stereocenters. The molecular formula is C26H38N2O6. The summed E-state index contributed by atoms with van der Waals surface area (Å²) in [7, 11) is 0. The van der Waals surface area contributed by atoms with Gasteiger partial charge in [0.1, 0.15) is 12.2 Å². The highest BCUT2D eigenvalue weighted by Gasteiger charge is 2.48. The van der Waals surface area contributed by atoms with Crippen LogP contribution in [-0.2, 0) is 19.9 Å². The molecule has 0 amide bonds. The number of hydrogen-bond donors (Lipinski definition) is 0. The molecule has 2 heterocycles. The largest absolute Gasteiger partial charge is 0.459 e. The number of rotatable bonds is 4. The lowest BCUT2D eigenvalue weighted by Gasteiger charge is -2.49. The van der Waals surface area contributed by atoms with Gasteiger partial charge in [-0.25, -0.2) is 9.59 Å². The highest BCUT2D eigenvalue weighted by atomic mass is 16.8. The second kappa shape index (κ2) is 8.90. The van der Waals surface area contributed by atoms with Gasteiger partial charge in [-0.1, -0.05) is 0 Å². The zero-order valence-corrected chi connectivity index (χ0v) is 16.7. The maximum absolute atomic E-state index is 14.2. The Morgan fingerprint density at radius 3 is 1.24 bits per heavy atom. The molecule has 0 bridgehead atoms. The Labute approximate surface area is 250 Å². The molecule has 0 aliphatic carbocycles. The van der Waals surface area contributed by atoms with Crippen molar-refractivity contribution in [3.05, 3.63) is 35.4 Å². The van der Waals surface area contributed by atoms with Crippen molar-refractivity contribution in [3.8, 4) is 0 Å². The zero-order chi connectivity index (χ0) is 54.7. The monoisotopic (exact) mass is 510 g/mol. The molecule has 2 saturated heterocycles. The lowest BCUT2D eigenvalue weighted by molar-refractivity contribution is -0.298. The summed E-state index contributed by atoms with van der Waals surface area (Å²) in [4.78, 5) is 27.5. The first-order valence-electron chi connectivity index (χ1n) is 25.8. The summed E-state index contributed by atoms with van der Waals surface area (Å²) in [6.45, 7) is -38.1. The average Bonchev–Trinajstić information content (AvgIpc) is 3.01. The molecule has 0 saturated carbocycles. The van der Waals surface area contributed by atoms with Crippen molar-refractivity contribution < 1.29 is 76.1 Å². The van der Waals surface area contributed by atoms with Gasteiger partial charge in [0.2, 0.25) is 0 Å². The normalized spacial score (nSPS) is 50.5. The van der Waals surface area contributed by atoms with Crippen LogP contribution >= 0.6 is 0 Å². The lowest BCUT2D eigenvalue weighted by atomic mass is 9.84. The number of ether oxygens (including phenoxy) is 2. The Balaban J connectivity index is 2.39. The third kappa shape index (κ3) is 5.46. The molecule has 8 heteroatoms. The number of esters is 2. The minimum Gasteiger partial charge on any atom is -0.459 e. The van der Waals surface area contributed by atoms with Crippen molar-refractivity contribution in [2.45, 2.75) is 115 Å². The Bertz CT molecular complexity index is 1810. The van der Waals surface area contributed by atoms with Gasteiger partial charge in [-0.05, 0) is 79.1 Å². The van der Waals surface area contributed by atoms with E-state index in [9.17, 15) is 20.0 Å². The minimum atomic E-state index is -5.10. The van der Waals surface area contributed by atoms with Gasteiger partial charge >= 0.3 is 11.9 Å². The predicted molar refractivity (Wildman–Crippen MR) is 125 cm³/mol. The van der Waals surface area contributed by atoms with Crippen LogP contribution in [0.3, 0.4) is 0 Å². The van der Waals surface area contributed by atoms with E-state index >= 15 is 0 Å². The average molecular weight is 511 g/mol. The summed E-state index contributed by atoms with van der Waals surface area (Å²) in [5, 5.41) is 24.8. The van der Waals surface area contributed by atoms with E-state index in [-0.39, 0.29) is 24.3 Å². The van der Waals surface area contributed by atoms with E-state index in [1.807, 2.05) is 0 Å². The van der Waals surface area contributed by atoms with Crippen molar-refractivity contribution >= 4 is 11.9 Å². The van der Waals surface area contributed by atoms with Crippen LogP contribution in [0, 0.1) is 0 Å². The van der Waals surface area contributed by atoms with Gasteiger partial charge in [0.05, 0.1) is 13.9 Å². The van der Waals surface area contributed by atoms with Gasteiger partial charge in [0.25, 0.3) is 0 Å². The third-order valence-electron chi connectivity index (χ3n) is 4.14. The molecule has 0 atom stereocenters. The smallest absolute Gasteiger partial charge is 0.338 e. The molecule has 0 spiro atoms. The van der Waals surface area contributed by atoms with Crippen LogP contribution in [0.5, 0.6) is 0 Å². The van der Waals surface area contributed by atoms with Crippen LogP contribution in [0.1, 0.15) is 148 Å². The number of carbonyl (C=O) groups is 2. The fraction of sp³-hybridized carbons (Fsp3) is 0.692. The van der Waals surface area contributed by atoms with Gasteiger partial charge < -0.3 is 9.47 Å². The van der Waals surface area contributed by atoms with Crippen molar-refractivity contribution in [3.63, 3.8) is 0 Å². The number of piperidine rings is 2. The molecule has 1 aromatic rings. The maximum atomic E-state index is 14.2. The van der Waals surface area contributed by atoms with E-state index in [2.05, 4.69) is 0 Å². The molecule has 2 aliphatic rings. The van der Waals surface area contributed by atoms with Crippen LogP contribution in [0.25, 0.3) is 0 Å². The van der Waals surface area contributed by atoms with E-state index in [0.717, 1.165) is 0 Å². The molecule has 3 rings (SSSR count). The molecule has 188 valence electrons. The lowest BCUT2D eigenvalue weighted by Crippen LogP contribution is -2.60. The molecule has 1 aromatic carbocycles. The molecule has 8 nitrogen and oxygen atoms in total. The number of benzene rings is 1. The van der Waals surface area contributed by atoms with E-state index < -0.39 is 148 Å². The number of hydrogen-bond acceptors (Lipinski definition) is 6. The summed E-state index contributed by atoms with van der Waals surface area (Å²) in [5.74, 6) is -4.68. The molecular weight excluding hydrogens is 438 g/mol. The van der Waals surface area contributed by atoms with E-state index in [1.54, 1.807) is 0 Å². The maximum Gasteiger partial charge on any atom is 0.338 e.